The predicted octanol–water partition coefficient (Wildman–Crippen LogP) is 4.07. The molecule has 0 fully saturated rings. The molecule has 3 aromatic rings. The third-order valence-corrected chi connectivity index (χ3v) is 5.33. The molecule has 4 nitrogen and oxygen atoms in total. The summed E-state index contributed by atoms with van der Waals surface area (Å²) in [6, 6.07) is 16.5. The Labute approximate surface area is 153 Å². The van der Waals surface area contributed by atoms with Crippen molar-refractivity contribution in [3.8, 4) is 0 Å². The van der Waals surface area contributed by atoms with E-state index in [1.807, 2.05) is 12.1 Å². The Morgan fingerprint density at radius 3 is 2.54 bits per heavy atom. The maximum atomic E-state index is 12.3. The molecule has 0 saturated carbocycles. The molecule has 4 rings (SSSR count). The maximum absolute atomic E-state index is 12.3. The van der Waals surface area contributed by atoms with Crippen LogP contribution in [0.5, 0.6) is 0 Å². The monoisotopic (exact) mass is 348 g/mol. The number of aromatic amines is 1. The topological polar surface area (TPSA) is 54.1 Å². The van der Waals surface area contributed by atoms with E-state index in [1.54, 1.807) is 0 Å². The van der Waals surface area contributed by atoms with Crippen LogP contribution < -0.4 is 5.32 Å². The van der Waals surface area contributed by atoms with Crippen molar-refractivity contribution in [2.75, 3.05) is 7.11 Å². The number of nitrogens with one attached hydrogen (secondary N) is 2. The number of rotatable bonds is 3. The number of aromatic nitrogens is 1. The third kappa shape index (κ3) is 2.80. The van der Waals surface area contributed by atoms with Crippen LogP contribution in [0.15, 0.2) is 48.5 Å². The number of hydrogen-bond donors (Lipinski definition) is 2. The van der Waals surface area contributed by atoms with E-state index in [0.29, 0.717) is 12.3 Å². The number of methoxy groups -OCH3 is 1. The quantitative estimate of drug-likeness (QED) is 0.702. The van der Waals surface area contributed by atoms with Gasteiger partial charge in [0.2, 0.25) is 0 Å². The second kappa shape index (κ2) is 6.61. The summed E-state index contributed by atoms with van der Waals surface area (Å²) in [6.07, 6.45) is 0.632. The molecule has 0 spiro atoms. The number of benzene rings is 2. The Morgan fingerprint density at radius 2 is 1.85 bits per heavy atom. The lowest BCUT2D eigenvalue weighted by Crippen LogP contribution is -2.45. The molecule has 1 aliphatic heterocycles. The van der Waals surface area contributed by atoms with Crippen molar-refractivity contribution in [3.05, 3.63) is 70.9 Å². The molecule has 2 heterocycles. The van der Waals surface area contributed by atoms with Crippen molar-refractivity contribution in [2.24, 2.45) is 0 Å². The van der Waals surface area contributed by atoms with Gasteiger partial charge in [-0.2, -0.15) is 0 Å². The highest BCUT2D eigenvalue weighted by molar-refractivity contribution is 5.87. The first-order valence-corrected chi connectivity index (χ1v) is 9.11. The van der Waals surface area contributed by atoms with E-state index in [1.165, 1.54) is 23.6 Å². The molecule has 0 radical (unpaired) electrons. The van der Waals surface area contributed by atoms with Gasteiger partial charge in [0.15, 0.2) is 0 Å². The Hall–Kier alpha value is -2.59. The van der Waals surface area contributed by atoms with Gasteiger partial charge in [0.25, 0.3) is 0 Å². The number of H-pyrrole nitrogens is 1. The Morgan fingerprint density at radius 1 is 1.12 bits per heavy atom. The summed E-state index contributed by atoms with van der Waals surface area (Å²) in [5.41, 5.74) is 5.91. The second-order valence-electron chi connectivity index (χ2n) is 7.26. The van der Waals surface area contributed by atoms with Gasteiger partial charge in [0, 0.05) is 23.0 Å². The minimum atomic E-state index is -0.346. The highest BCUT2D eigenvalue weighted by Crippen LogP contribution is 2.35. The molecule has 0 bridgehead atoms. The smallest absolute Gasteiger partial charge is 0.323 e. The van der Waals surface area contributed by atoms with Gasteiger partial charge in [-0.25, -0.2) is 0 Å². The average molecular weight is 348 g/mol. The molecule has 2 atom stereocenters. The molecule has 1 unspecified atom stereocenters. The van der Waals surface area contributed by atoms with Crippen LogP contribution in [0, 0.1) is 0 Å². The molecule has 1 aliphatic rings. The summed E-state index contributed by atoms with van der Waals surface area (Å²) in [6.45, 7) is 4.38. The minimum absolute atomic E-state index is 0.0588. The van der Waals surface area contributed by atoms with Crippen molar-refractivity contribution < 1.29 is 9.53 Å². The van der Waals surface area contributed by atoms with Crippen LogP contribution in [0.2, 0.25) is 0 Å². The fraction of sp³-hybridized carbons (Fsp3) is 0.318. The van der Waals surface area contributed by atoms with E-state index in [2.05, 4.69) is 60.5 Å². The SMILES string of the molecule is COC(=O)[C@@H]1Cc2c([nH]c3ccccc23)C(c2ccc(C(C)C)cc2)N1. The van der Waals surface area contributed by atoms with Crippen molar-refractivity contribution >= 4 is 16.9 Å². The summed E-state index contributed by atoms with van der Waals surface area (Å²) < 4.78 is 5.02. The van der Waals surface area contributed by atoms with Gasteiger partial charge < -0.3 is 9.72 Å². The summed E-state index contributed by atoms with van der Waals surface area (Å²) in [4.78, 5) is 15.8. The molecule has 0 aliphatic carbocycles. The number of esters is 1. The highest BCUT2D eigenvalue weighted by atomic mass is 16.5. The molecule has 0 saturated heterocycles. The normalized spacial score (nSPS) is 19.5. The fourth-order valence-corrected chi connectivity index (χ4v) is 3.86. The lowest BCUT2D eigenvalue weighted by atomic mass is 9.89. The number of hydrogen-bond acceptors (Lipinski definition) is 3. The molecule has 26 heavy (non-hydrogen) atoms. The average Bonchev–Trinajstić information content (AvgIpc) is 3.05. The maximum Gasteiger partial charge on any atom is 0.323 e. The number of fused-ring (bicyclic) bond motifs is 3. The first-order valence-electron chi connectivity index (χ1n) is 9.11. The summed E-state index contributed by atoms with van der Waals surface area (Å²) >= 11 is 0. The predicted molar refractivity (Wildman–Crippen MR) is 103 cm³/mol. The van der Waals surface area contributed by atoms with Crippen LogP contribution in [-0.2, 0) is 16.0 Å². The summed E-state index contributed by atoms with van der Waals surface area (Å²) in [5, 5.41) is 4.66. The van der Waals surface area contributed by atoms with Crippen LogP contribution in [0.1, 0.15) is 48.2 Å². The van der Waals surface area contributed by atoms with E-state index in [-0.39, 0.29) is 18.1 Å². The van der Waals surface area contributed by atoms with Crippen LogP contribution in [-0.4, -0.2) is 24.1 Å². The molecule has 1 aromatic heterocycles. The largest absolute Gasteiger partial charge is 0.468 e. The molecule has 134 valence electrons. The van der Waals surface area contributed by atoms with Crippen molar-refractivity contribution in [1.82, 2.24) is 10.3 Å². The molecular formula is C22H24N2O2. The van der Waals surface area contributed by atoms with Gasteiger partial charge in [-0.3, -0.25) is 10.1 Å². The Balaban J connectivity index is 1.81. The number of carbonyl (C=O) groups is 1. The minimum Gasteiger partial charge on any atom is -0.468 e. The molecule has 0 amide bonds. The molecular weight excluding hydrogens is 324 g/mol. The summed E-state index contributed by atoms with van der Waals surface area (Å²) in [7, 11) is 1.45. The highest BCUT2D eigenvalue weighted by Gasteiger charge is 2.34. The van der Waals surface area contributed by atoms with Gasteiger partial charge in [-0.15, -0.1) is 0 Å². The zero-order chi connectivity index (χ0) is 18.3. The van der Waals surface area contributed by atoms with Gasteiger partial charge in [-0.1, -0.05) is 56.3 Å². The Kier molecular flexibility index (Phi) is 4.29. The number of carbonyl (C=O) groups excluding carboxylic acids is 1. The third-order valence-electron chi connectivity index (χ3n) is 5.33. The molecule has 4 heteroatoms. The van der Waals surface area contributed by atoms with Gasteiger partial charge in [-0.05, 0) is 28.7 Å². The lowest BCUT2D eigenvalue weighted by Gasteiger charge is -2.30. The van der Waals surface area contributed by atoms with E-state index < -0.39 is 0 Å². The lowest BCUT2D eigenvalue weighted by molar-refractivity contribution is -0.143. The zero-order valence-electron chi connectivity index (χ0n) is 15.4. The van der Waals surface area contributed by atoms with Gasteiger partial charge in [0.1, 0.15) is 6.04 Å². The first kappa shape index (κ1) is 16.9. The van der Waals surface area contributed by atoms with E-state index in [9.17, 15) is 4.79 Å². The van der Waals surface area contributed by atoms with Gasteiger partial charge >= 0.3 is 5.97 Å². The van der Waals surface area contributed by atoms with Crippen molar-refractivity contribution in [3.63, 3.8) is 0 Å². The van der Waals surface area contributed by atoms with Crippen LogP contribution in [0.3, 0.4) is 0 Å². The van der Waals surface area contributed by atoms with E-state index in [4.69, 9.17) is 4.74 Å². The fourth-order valence-electron chi connectivity index (χ4n) is 3.86. The van der Waals surface area contributed by atoms with Gasteiger partial charge in [0.05, 0.1) is 13.2 Å². The van der Waals surface area contributed by atoms with E-state index in [0.717, 1.165) is 16.8 Å². The molecule has 2 aromatic carbocycles. The van der Waals surface area contributed by atoms with Crippen LogP contribution in [0.25, 0.3) is 10.9 Å². The zero-order valence-corrected chi connectivity index (χ0v) is 15.4. The van der Waals surface area contributed by atoms with E-state index >= 15 is 0 Å². The van der Waals surface area contributed by atoms with Crippen molar-refractivity contribution in [1.29, 1.82) is 0 Å². The van der Waals surface area contributed by atoms with Crippen molar-refractivity contribution in [2.45, 2.75) is 38.3 Å². The molecule has 2 N–H and O–H groups in total. The number of ether oxygens (including phenoxy) is 1. The number of para-hydroxylation sites is 1. The first-order chi connectivity index (χ1) is 12.6. The second-order valence-corrected chi connectivity index (χ2v) is 7.26. The standard InChI is InChI=1S/C22H24N2O2/c1-13(2)14-8-10-15(11-9-14)20-21-17(12-19(24-20)22(25)26-3)16-6-4-5-7-18(16)23-21/h4-11,13,19-20,23-24H,12H2,1-3H3/t19-,20?/m0/s1. The summed E-state index contributed by atoms with van der Waals surface area (Å²) in [5.74, 6) is 0.277. The van der Waals surface area contributed by atoms with Crippen LogP contribution in [0.4, 0.5) is 0 Å². The van der Waals surface area contributed by atoms with Crippen LogP contribution >= 0.6 is 0 Å². The Bertz CT molecular complexity index is 940.